The molecule has 2 rings (SSSR count). The van der Waals surface area contributed by atoms with Crippen LogP contribution in [0.3, 0.4) is 0 Å². The molecule has 0 amide bonds. The van der Waals surface area contributed by atoms with Gasteiger partial charge in [0.05, 0.1) is 0 Å². The molecule has 0 unspecified atom stereocenters. The number of ketones is 1. The van der Waals surface area contributed by atoms with Gasteiger partial charge in [0.15, 0.2) is 5.78 Å². The minimum Gasteiger partial charge on any atom is -0.294 e. The van der Waals surface area contributed by atoms with Crippen molar-refractivity contribution in [2.75, 3.05) is 0 Å². The van der Waals surface area contributed by atoms with Crippen LogP contribution in [-0.2, 0) is 12.8 Å². The first-order valence-electron chi connectivity index (χ1n) is 7.45. The van der Waals surface area contributed by atoms with Gasteiger partial charge in [0, 0.05) is 12.0 Å². The van der Waals surface area contributed by atoms with Gasteiger partial charge in [0.2, 0.25) is 0 Å². The van der Waals surface area contributed by atoms with Crippen LogP contribution in [0.1, 0.15) is 48.7 Å². The summed E-state index contributed by atoms with van der Waals surface area (Å²) in [5.41, 5.74) is 6.01. The summed E-state index contributed by atoms with van der Waals surface area (Å²) in [5.74, 6) is 0.203. The molecule has 0 bridgehead atoms. The molecule has 1 nitrogen and oxygen atoms in total. The number of carbonyl (C=O) groups excluding carboxylic acids is 1. The van der Waals surface area contributed by atoms with E-state index in [4.69, 9.17) is 0 Å². The molecule has 104 valence electrons. The van der Waals surface area contributed by atoms with Crippen LogP contribution in [-0.4, -0.2) is 5.78 Å². The van der Waals surface area contributed by atoms with Crippen LogP contribution in [0, 0.1) is 0 Å². The number of hydrogen-bond donors (Lipinski definition) is 0. The van der Waals surface area contributed by atoms with Crippen molar-refractivity contribution in [1.82, 2.24) is 0 Å². The first kappa shape index (κ1) is 14.5. The first-order valence-corrected chi connectivity index (χ1v) is 7.45. The lowest BCUT2D eigenvalue weighted by molar-refractivity contribution is 0.0988. The molecule has 0 aliphatic carbocycles. The standard InChI is InChI=1S/C19H22O/c1-4-14-7-8-15(5-2)18(13-14)16-9-11-17(12-10-16)19(20)6-3/h7-13H,4-6H2,1-3H3. The summed E-state index contributed by atoms with van der Waals surface area (Å²) in [6.07, 6.45) is 2.63. The summed E-state index contributed by atoms with van der Waals surface area (Å²) in [6, 6.07) is 14.7. The highest BCUT2D eigenvalue weighted by Crippen LogP contribution is 2.26. The van der Waals surface area contributed by atoms with Crippen molar-refractivity contribution in [3.63, 3.8) is 0 Å². The molecule has 2 aromatic rings. The average Bonchev–Trinajstić information content (AvgIpc) is 2.53. The second-order valence-corrected chi connectivity index (χ2v) is 5.05. The van der Waals surface area contributed by atoms with Gasteiger partial charge in [-0.15, -0.1) is 0 Å². The Labute approximate surface area is 121 Å². The Balaban J connectivity index is 2.42. The average molecular weight is 266 g/mol. The Morgan fingerprint density at radius 1 is 0.900 bits per heavy atom. The highest BCUT2D eigenvalue weighted by molar-refractivity contribution is 5.96. The van der Waals surface area contributed by atoms with E-state index < -0.39 is 0 Å². The van der Waals surface area contributed by atoms with Gasteiger partial charge in [0.25, 0.3) is 0 Å². The lowest BCUT2D eigenvalue weighted by atomic mass is 9.94. The molecular weight excluding hydrogens is 244 g/mol. The van der Waals surface area contributed by atoms with E-state index >= 15 is 0 Å². The minimum absolute atomic E-state index is 0.203. The Kier molecular flexibility index (Phi) is 4.73. The Bertz CT molecular complexity index is 594. The third-order valence-electron chi connectivity index (χ3n) is 3.80. The molecule has 2 aromatic carbocycles. The number of benzene rings is 2. The summed E-state index contributed by atoms with van der Waals surface area (Å²) in [5, 5.41) is 0. The highest BCUT2D eigenvalue weighted by atomic mass is 16.1. The molecule has 0 aromatic heterocycles. The lowest BCUT2D eigenvalue weighted by Gasteiger charge is -2.11. The maximum absolute atomic E-state index is 11.7. The molecule has 0 fully saturated rings. The minimum atomic E-state index is 0.203. The summed E-state index contributed by atoms with van der Waals surface area (Å²) in [4.78, 5) is 11.7. The number of Topliss-reactive ketones (excluding diaryl/α,β-unsaturated/α-hetero) is 1. The molecule has 0 atom stereocenters. The maximum Gasteiger partial charge on any atom is 0.162 e. The molecule has 0 aliphatic heterocycles. The molecule has 0 aliphatic rings. The Morgan fingerprint density at radius 3 is 2.15 bits per heavy atom. The van der Waals surface area contributed by atoms with Gasteiger partial charge in [-0.1, -0.05) is 63.2 Å². The van der Waals surface area contributed by atoms with Crippen molar-refractivity contribution < 1.29 is 4.79 Å². The Hall–Kier alpha value is -1.89. The van der Waals surface area contributed by atoms with Gasteiger partial charge >= 0.3 is 0 Å². The van der Waals surface area contributed by atoms with E-state index in [1.807, 2.05) is 19.1 Å². The number of hydrogen-bond acceptors (Lipinski definition) is 1. The van der Waals surface area contributed by atoms with Crippen molar-refractivity contribution in [2.24, 2.45) is 0 Å². The van der Waals surface area contributed by atoms with Gasteiger partial charge < -0.3 is 0 Å². The molecule has 0 saturated carbocycles. The molecule has 0 saturated heterocycles. The van der Waals surface area contributed by atoms with Crippen LogP contribution >= 0.6 is 0 Å². The van der Waals surface area contributed by atoms with Crippen LogP contribution in [0.15, 0.2) is 42.5 Å². The lowest BCUT2D eigenvalue weighted by Crippen LogP contribution is -1.96. The van der Waals surface area contributed by atoms with E-state index in [2.05, 4.69) is 44.2 Å². The third-order valence-corrected chi connectivity index (χ3v) is 3.80. The van der Waals surface area contributed by atoms with Crippen molar-refractivity contribution in [2.45, 2.75) is 40.0 Å². The van der Waals surface area contributed by atoms with E-state index in [0.29, 0.717) is 6.42 Å². The summed E-state index contributed by atoms with van der Waals surface area (Å²) in [6.45, 7) is 6.25. The van der Waals surface area contributed by atoms with E-state index in [9.17, 15) is 4.79 Å². The summed E-state index contributed by atoms with van der Waals surface area (Å²) < 4.78 is 0. The van der Waals surface area contributed by atoms with E-state index in [1.54, 1.807) is 0 Å². The maximum atomic E-state index is 11.7. The van der Waals surface area contributed by atoms with Gasteiger partial charge in [-0.3, -0.25) is 4.79 Å². The first-order chi connectivity index (χ1) is 9.69. The second-order valence-electron chi connectivity index (χ2n) is 5.05. The normalized spacial score (nSPS) is 10.6. The smallest absolute Gasteiger partial charge is 0.162 e. The molecule has 0 N–H and O–H groups in total. The fourth-order valence-electron chi connectivity index (χ4n) is 2.46. The van der Waals surface area contributed by atoms with Gasteiger partial charge in [0.1, 0.15) is 0 Å². The summed E-state index contributed by atoms with van der Waals surface area (Å²) >= 11 is 0. The van der Waals surface area contributed by atoms with E-state index in [1.165, 1.54) is 22.3 Å². The van der Waals surface area contributed by atoms with Crippen molar-refractivity contribution in [1.29, 1.82) is 0 Å². The van der Waals surface area contributed by atoms with Gasteiger partial charge in [-0.2, -0.15) is 0 Å². The number of aryl methyl sites for hydroxylation is 2. The van der Waals surface area contributed by atoms with Crippen LogP contribution in [0.5, 0.6) is 0 Å². The molecule has 20 heavy (non-hydrogen) atoms. The van der Waals surface area contributed by atoms with E-state index in [0.717, 1.165) is 18.4 Å². The Morgan fingerprint density at radius 2 is 1.60 bits per heavy atom. The monoisotopic (exact) mass is 266 g/mol. The van der Waals surface area contributed by atoms with Crippen molar-refractivity contribution in [3.8, 4) is 11.1 Å². The molecule has 1 heteroatoms. The zero-order valence-corrected chi connectivity index (χ0v) is 12.6. The van der Waals surface area contributed by atoms with Crippen molar-refractivity contribution >= 4 is 5.78 Å². The van der Waals surface area contributed by atoms with E-state index in [-0.39, 0.29) is 5.78 Å². The second kappa shape index (κ2) is 6.51. The molecule has 0 radical (unpaired) electrons. The van der Waals surface area contributed by atoms with Gasteiger partial charge in [-0.05, 0) is 35.1 Å². The third kappa shape index (κ3) is 2.98. The van der Waals surface area contributed by atoms with Crippen LogP contribution in [0.25, 0.3) is 11.1 Å². The summed E-state index contributed by atoms with van der Waals surface area (Å²) in [7, 11) is 0. The predicted molar refractivity (Wildman–Crippen MR) is 85.3 cm³/mol. The fourth-order valence-corrected chi connectivity index (χ4v) is 2.46. The molecule has 0 heterocycles. The zero-order valence-electron chi connectivity index (χ0n) is 12.6. The quantitative estimate of drug-likeness (QED) is 0.690. The fraction of sp³-hybridized carbons (Fsp3) is 0.316. The van der Waals surface area contributed by atoms with Crippen molar-refractivity contribution in [3.05, 3.63) is 59.2 Å². The predicted octanol–water partition coefficient (Wildman–Crippen LogP) is 5.07. The topological polar surface area (TPSA) is 17.1 Å². The van der Waals surface area contributed by atoms with Crippen LogP contribution in [0.4, 0.5) is 0 Å². The van der Waals surface area contributed by atoms with Crippen LogP contribution in [0.2, 0.25) is 0 Å². The number of rotatable bonds is 5. The molecular formula is C19H22O. The zero-order chi connectivity index (χ0) is 14.5. The van der Waals surface area contributed by atoms with Gasteiger partial charge in [-0.25, -0.2) is 0 Å². The SMILES string of the molecule is CCC(=O)c1ccc(-c2cc(CC)ccc2CC)cc1. The highest BCUT2D eigenvalue weighted by Gasteiger charge is 2.07. The number of carbonyl (C=O) groups is 1. The van der Waals surface area contributed by atoms with Crippen LogP contribution < -0.4 is 0 Å². The largest absolute Gasteiger partial charge is 0.294 e. The molecule has 0 spiro atoms.